The second kappa shape index (κ2) is 11.9. The zero-order valence-corrected chi connectivity index (χ0v) is 22.0. The van der Waals surface area contributed by atoms with Gasteiger partial charge in [0.1, 0.15) is 28.5 Å². The average Bonchev–Trinajstić information content (AvgIpc) is 2.97. The summed E-state index contributed by atoms with van der Waals surface area (Å²) in [7, 11) is 1.52. The van der Waals surface area contributed by atoms with Crippen molar-refractivity contribution in [3.05, 3.63) is 48.5 Å². The Morgan fingerprint density at radius 3 is 2.64 bits per heavy atom. The fourth-order valence-electron chi connectivity index (χ4n) is 4.29. The number of benzene rings is 2. The number of rotatable bonds is 9. The lowest BCUT2D eigenvalue weighted by molar-refractivity contribution is 0.122. The number of halogens is 2. The van der Waals surface area contributed by atoms with Gasteiger partial charge in [0.05, 0.1) is 43.9 Å². The molecule has 4 aromatic rings. The maximum atomic E-state index is 15.7. The number of nitrogens with two attached hydrogens (primary N) is 1. The third kappa shape index (κ3) is 5.79. The van der Waals surface area contributed by atoms with Gasteiger partial charge < -0.3 is 24.7 Å². The molecule has 1 saturated heterocycles. The highest BCUT2D eigenvalue weighted by Gasteiger charge is 2.23. The molecular formula is C26H27F2N7O3S. The van der Waals surface area contributed by atoms with Crippen molar-refractivity contribution in [3.63, 3.8) is 0 Å². The van der Waals surface area contributed by atoms with Crippen LogP contribution in [0.1, 0.15) is 6.42 Å². The molecule has 1 aliphatic heterocycles. The lowest BCUT2D eigenvalue weighted by atomic mass is 10.0. The van der Waals surface area contributed by atoms with Crippen LogP contribution in [0, 0.1) is 5.82 Å². The maximum Gasteiger partial charge on any atom is 0.219 e. The second-order valence-electron chi connectivity index (χ2n) is 8.74. The smallest absolute Gasteiger partial charge is 0.219 e. The number of aromatic nitrogens is 4. The van der Waals surface area contributed by atoms with Crippen LogP contribution in [0.25, 0.3) is 33.4 Å². The first kappa shape index (κ1) is 26.8. The zero-order chi connectivity index (χ0) is 27.4. The minimum absolute atomic E-state index is 0.0621. The number of methoxy groups -OCH3 is 1. The van der Waals surface area contributed by atoms with E-state index in [1.54, 1.807) is 30.6 Å². The van der Waals surface area contributed by atoms with Gasteiger partial charge in [-0.05, 0) is 23.8 Å². The summed E-state index contributed by atoms with van der Waals surface area (Å²) in [6, 6.07) is 8.29. The van der Waals surface area contributed by atoms with Crippen LogP contribution in [-0.2, 0) is 16.1 Å². The first-order valence-electron chi connectivity index (χ1n) is 12.3. The standard InChI is InChI=1S/C26H27F2N7O3S/c1-37-21-13-16(18-4-2-5-20(22(18)28)34-39(36)11-3-6-27)12-19-23(21)32-24(17-14-30-26(29)31-15-17)33-25(19)35-7-9-38-10-8-35/h2,4-5,12-15,34H,3,6-11H2,1H3,(H2,29,30,31). The number of morpholine rings is 1. The summed E-state index contributed by atoms with van der Waals surface area (Å²) in [4.78, 5) is 19.8. The molecular weight excluding hydrogens is 528 g/mol. The fraction of sp³-hybridized carbons (Fsp3) is 0.308. The topological polar surface area (TPSA) is 134 Å². The molecule has 204 valence electrons. The van der Waals surface area contributed by atoms with Crippen molar-refractivity contribution in [2.75, 3.05) is 61.2 Å². The van der Waals surface area contributed by atoms with Gasteiger partial charge in [0.2, 0.25) is 5.95 Å². The minimum Gasteiger partial charge on any atom is -0.593 e. The molecule has 1 aliphatic rings. The number of anilines is 3. The normalized spacial score (nSPS) is 14.4. The number of ether oxygens (including phenoxy) is 2. The predicted octanol–water partition coefficient (Wildman–Crippen LogP) is 3.76. The van der Waals surface area contributed by atoms with Crippen molar-refractivity contribution in [2.24, 2.45) is 0 Å². The predicted molar refractivity (Wildman–Crippen MR) is 147 cm³/mol. The number of hydrogen-bond acceptors (Lipinski definition) is 10. The van der Waals surface area contributed by atoms with Crippen LogP contribution in [0.3, 0.4) is 0 Å². The summed E-state index contributed by atoms with van der Waals surface area (Å²) in [6.07, 6.45) is 3.23. The molecule has 39 heavy (non-hydrogen) atoms. The summed E-state index contributed by atoms with van der Waals surface area (Å²) in [5, 5.41) is 0.663. The van der Waals surface area contributed by atoms with E-state index in [-0.39, 0.29) is 29.4 Å². The monoisotopic (exact) mass is 555 g/mol. The van der Waals surface area contributed by atoms with Gasteiger partial charge in [0.15, 0.2) is 11.6 Å². The first-order valence-corrected chi connectivity index (χ1v) is 13.6. The van der Waals surface area contributed by atoms with Gasteiger partial charge in [0.25, 0.3) is 0 Å². The molecule has 0 aliphatic carbocycles. The van der Waals surface area contributed by atoms with E-state index in [0.29, 0.717) is 65.7 Å². The number of nitrogens with one attached hydrogen (secondary N) is 1. The molecule has 3 N–H and O–H groups in total. The molecule has 0 bridgehead atoms. The molecule has 0 amide bonds. The Labute approximate surface area is 226 Å². The number of fused-ring (bicyclic) bond motifs is 1. The molecule has 0 spiro atoms. The molecule has 0 radical (unpaired) electrons. The van der Waals surface area contributed by atoms with Gasteiger partial charge in [-0.1, -0.05) is 12.1 Å². The number of alkyl halides is 1. The van der Waals surface area contributed by atoms with Gasteiger partial charge in [-0.3, -0.25) is 4.39 Å². The maximum absolute atomic E-state index is 15.7. The molecule has 1 fully saturated rings. The van der Waals surface area contributed by atoms with E-state index < -0.39 is 23.9 Å². The summed E-state index contributed by atoms with van der Waals surface area (Å²) >= 11 is -1.61. The number of nitrogens with zero attached hydrogens (tertiary/aromatic N) is 5. The Kier molecular flexibility index (Phi) is 8.19. The van der Waals surface area contributed by atoms with Crippen molar-refractivity contribution in [1.82, 2.24) is 19.9 Å². The summed E-state index contributed by atoms with van der Waals surface area (Å²) in [6.45, 7) is 1.69. The van der Waals surface area contributed by atoms with E-state index in [0.717, 1.165) is 0 Å². The van der Waals surface area contributed by atoms with Gasteiger partial charge >= 0.3 is 0 Å². The van der Waals surface area contributed by atoms with Gasteiger partial charge in [-0.15, -0.1) is 0 Å². The van der Waals surface area contributed by atoms with Crippen molar-refractivity contribution in [3.8, 4) is 28.3 Å². The van der Waals surface area contributed by atoms with E-state index in [1.807, 2.05) is 6.07 Å². The lowest BCUT2D eigenvalue weighted by Crippen LogP contribution is -2.37. The molecule has 3 heterocycles. The molecule has 1 unspecified atom stereocenters. The molecule has 2 aromatic heterocycles. The van der Waals surface area contributed by atoms with Crippen LogP contribution in [0.15, 0.2) is 42.7 Å². The molecule has 2 aromatic carbocycles. The zero-order valence-electron chi connectivity index (χ0n) is 21.2. The lowest BCUT2D eigenvalue weighted by Gasteiger charge is -2.29. The van der Waals surface area contributed by atoms with Crippen molar-refractivity contribution in [2.45, 2.75) is 6.42 Å². The largest absolute Gasteiger partial charge is 0.593 e. The van der Waals surface area contributed by atoms with E-state index in [2.05, 4.69) is 19.6 Å². The Morgan fingerprint density at radius 2 is 1.92 bits per heavy atom. The van der Waals surface area contributed by atoms with Crippen LogP contribution < -0.4 is 20.1 Å². The van der Waals surface area contributed by atoms with E-state index in [9.17, 15) is 8.94 Å². The Bertz CT molecular complexity index is 1460. The van der Waals surface area contributed by atoms with E-state index in [4.69, 9.17) is 25.2 Å². The Morgan fingerprint density at radius 1 is 1.15 bits per heavy atom. The summed E-state index contributed by atoms with van der Waals surface area (Å²) in [5.41, 5.74) is 7.63. The fourth-order valence-corrected chi connectivity index (χ4v) is 5.16. The second-order valence-corrected chi connectivity index (χ2v) is 10.0. The van der Waals surface area contributed by atoms with E-state index in [1.165, 1.54) is 13.2 Å². The molecule has 10 nitrogen and oxygen atoms in total. The quantitative estimate of drug-likeness (QED) is 0.294. The van der Waals surface area contributed by atoms with E-state index >= 15 is 4.39 Å². The van der Waals surface area contributed by atoms with Crippen molar-refractivity contribution < 1.29 is 22.8 Å². The summed E-state index contributed by atoms with van der Waals surface area (Å²) in [5.74, 6) is 1.07. The van der Waals surface area contributed by atoms with Gasteiger partial charge in [-0.25, -0.2) is 29.0 Å². The SMILES string of the molecule is COc1cc(-c2cccc(N[S+]([O-])CCCF)c2F)cc2c(N3CCOCC3)nc(-c3cnc(N)nc3)nc12. The third-order valence-electron chi connectivity index (χ3n) is 6.20. The van der Waals surface area contributed by atoms with Crippen LogP contribution in [0.2, 0.25) is 0 Å². The third-order valence-corrected chi connectivity index (χ3v) is 7.31. The number of hydrogen-bond donors (Lipinski definition) is 2. The molecule has 13 heteroatoms. The summed E-state index contributed by atoms with van der Waals surface area (Å²) < 4.78 is 54.3. The highest BCUT2D eigenvalue weighted by molar-refractivity contribution is 7.92. The van der Waals surface area contributed by atoms with Crippen LogP contribution in [0.4, 0.5) is 26.2 Å². The van der Waals surface area contributed by atoms with Crippen LogP contribution >= 0.6 is 0 Å². The number of nitrogen functional groups attached to an aromatic ring is 1. The van der Waals surface area contributed by atoms with Crippen LogP contribution in [-0.4, -0.2) is 70.3 Å². The van der Waals surface area contributed by atoms with Gasteiger partial charge in [0, 0.05) is 42.9 Å². The van der Waals surface area contributed by atoms with Crippen LogP contribution in [0.5, 0.6) is 5.75 Å². The average molecular weight is 556 g/mol. The van der Waals surface area contributed by atoms with Crippen molar-refractivity contribution in [1.29, 1.82) is 0 Å². The molecule has 0 saturated carbocycles. The minimum atomic E-state index is -1.61. The van der Waals surface area contributed by atoms with Gasteiger partial charge in [-0.2, -0.15) is 0 Å². The first-order chi connectivity index (χ1) is 19.0. The highest BCUT2D eigenvalue weighted by atomic mass is 32.2. The van der Waals surface area contributed by atoms with Crippen molar-refractivity contribution >= 4 is 39.7 Å². The Balaban J connectivity index is 1.65. The Hall–Kier alpha value is -3.81. The molecule has 5 rings (SSSR count). The molecule has 1 atom stereocenters. The highest BCUT2D eigenvalue weighted by Crippen LogP contribution is 2.39.